The fourth-order valence-corrected chi connectivity index (χ4v) is 2.09. The largest absolute Gasteiger partial charge is 0.506 e. The van der Waals surface area contributed by atoms with Gasteiger partial charge in [-0.1, -0.05) is 0 Å². The van der Waals surface area contributed by atoms with Crippen LogP contribution in [-0.2, 0) is 4.79 Å². The van der Waals surface area contributed by atoms with Gasteiger partial charge in [-0.3, -0.25) is 14.4 Å². The summed E-state index contributed by atoms with van der Waals surface area (Å²) in [6.07, 6.45) is -5.53. The maximum absolute atomic E-state index is 12.1. The van der Waals surface area contributed by atoms with Gasteiger partial charge in [0.25, 0.3) is 11.5 Å². The molecule has 1 amide bonds. The first-order valence-electron chi connectivity index (χ1n) is 7.17. The van der Waals surface area contributed by atoms with Crippen molar-refractivity contribution in [2.45, 2.75) is 12.6 Å². The van der Waals surface area contributed by atoms with E-state index in [2.05, 4.69) is 4.98 Å². The van der Waals surface area contributed by atoms with Crippen molar-refractivity contribution >= 4 is 22.8 Å². The van der Waals surface area contributed by atoms with Crippen molar-refractivity contribution in [1.82, 2.24) is 10.3 Å². The summed E-state index contributed by atoms with van der Waals surface area (Å²) in [4.78, 5) is 36.6. The number of carbonyl (C=O) groups is 2. The van der Waals surface area contributed by atoms with E-state index < -0.39 is 54.5 Å². The van der Waals surface area contributed by atoms with Crippen LogP contribution in [0.15, 0.2) is 23.0 Å². The van der Waals surface area contributed by atoms with E-state index in [4.69, 9.17) is 9.84 Å². The molecule has 140 valence electrons. The minimum absolute atomic E-state index is 0.0277. The molecule has 1 aromatic carbocycles. The second-order valence-electron chi connectivity index (χ2n) is 5.18. The van der Waals surface area contributed by atoms with Crippen molar-refractivity contribution in [2.75, 3.05) is 13.2 Å². The molecule has 0 spiro atoms. The fraction of sp³-hybridized carbons (Fsp3) is 0.267. The molecule has 0 unspecified atom stereocenters. The number of fused-ring (bicyclic) bond motifs is 1. The minimum atomic E-state index is -4.37. The molecule has 0 saturated carbocycles. The SMILES string of the molecule is O=C(O)CNC(=O)c1c(O)c2ccc(OCCC(F)(F)F)cc2[nH]c1=O. The van der Waals surface area contributed by atoms with E-state index in [-0.39, 0.29) is 16.7 Å². The highest BCUT2D eigenvalue weighted by atomic mass is 19.4. The number of carbonyl (C=O) groups excluding carboxylic acids is 1. The highest BCUT2D eigenvalue weighted by Crippen LogP contribution is 2.28. The molecule has 0 aliphatic heterocycles. The van der Waals surface area contributed by atoms with Gasteiger partial charge < -0.3 is 25.3 Å². The van der Waals surface area contributed by atoms with E-state index in [9.17, 15) is 32.7 Å². The Kier molecular flexibility index (Phi) is 5.38. The zero-order valence-corrected chi connectivity index (χ0v) is 13.0. The summed E-state index contributed by atoms with van der Waals surface area (Å²) in [5.74, 6) is -3.08. The Morgan fingerprint density at radius 3 is 2.58 bits per heavy atom. The van der Waals surface area contributed by atoms with Gasteiger partial charge in [0.05, 0.1) is 18.5 Å². The number of carboxylic acid groups (broad SMARTS) is 1. The van der Waals surface area contributed by atoms with E-state index in [1.54, 1.807) is 0 Å². The smallest absolute Gasteiger partial charge is 0.392 e. The van der Waals surface area contributed by atoms with Gasteiger partial charge >= 0.3 is 12.1 Å². The van der Waals surface area contributed by atoms with Crippen LogP contribution in [0.25, 0.3) is 10.9 Å². The Bertz CT molecular complexity index is 907. The molecule has 0 atom stereocenters. The molecule has 1 heterocycles. The number of aliphatic carboxylic acids is 1. The molecule has 0 radical (unpaired) electrons. The molecule has 11 heteroatoms. The highest BCUT2D eigenvalue weighted by Gasteiger charge is 2.27. The Hall–Kier alpha value is -3.24. The third-order valence-electron chi connectivity index (χ3n) is 3.24. The highest BCUT2D eigenvalue weighted by molar-refractivity contribution is 6.03. The van der Waals surface area contributed by atoms with Crippen molar-refractivity contribution in [3.63, 3.8) is 0 Å². The van der Waals surface area contributed by atoms with Gasteiger partial charge in [-0.05, 0) is 12.1 Å². The first-order valence-corrected chi connectivity index (χ1v) is 7.17. The molecular formula is C15H13F3N2O6. The lowest BCUT2D eigenvalue weighted by Crippen LogP contribution is -2.33. The number of ether oxygens (including phenoxy) is 1. The van der Waals surface area contributed by atoms with Crippen LogP contribution in [0, 0.1) is 0 Å². The number of halogens is 3. The van der Waals surface area contributed by atoms with Crippen molar-refractivity contribution in [1.29, 1.82) is 0 Å². The quantitative estimate of drug-likeness (QED) is 0.605. The number of alkyl halides is 3. The monoisotopic (exact) mass is 374 g/mol. The molecule has 8 nitrogen and oxygen atoms in total. The van der Waals surface area contributed by atoms with Gasteiger partial charge in [-0.25, -0.2) is 0 Å². The first kappa shape index (κ1) is 19.1. The normalized spacial score (nSPS) is 11.3. The average Bonchev–Trinajstić information content (AvgIpc) is 2.51. The first-order chi connectivity index (χ1) is 12.1. The zero-order chi connectivity index (χ0) is 19.5. The van der Waals surface area contributed by atoms with Crippen molar-refractivity contribution in [3.05, 3.63) is 34.1 Å². The number of aromatic amines is 1. The Morgan fingerprint density at radius 1 is 1.27 bits per heavy atom. The lowest BCUT2D eigenvalue weighted by atomic mass is 10.1. The van der Waals surface area contributed by atoms with Crippen LogP contribution in [0.1, 0.15) is 16.8 Å². The van der Waals surface area contributed by atoms with Crippen molar-refractivity contribution in [2.24, 2.45) is 0 Å². The number of rotatable bonds is 6. The number of H-pyrrole nitrogens is 1. The standard InChI is InChI=1S/C15H13F3N2O6/c16-15(17,18)3-4-26-7-1-2-8-9(5-7)20-14(25)11(12(8)23)13(24)19-6-10(21)22/h1-2,5H,3-4,6H2,(H,19,24)(H,21,22)(H2,20,23,25). The average molecular weight is 374 g/mol. The molecular weight excluding hydrogens is 361 g/mol. The van der Waals surface area contributed by atoms with Gasteiger partial charge in [-0.2, -0.15) is 13.2 Å². The summed E-state index contributed by atoms with van der Waals surface area (Å²) >= 11 is 0. The molecule has 0 aliphatic rings. The number of pyridine rings is 1. The fourth-order valence-electron chi connectivity index (χ4n) is 2.09. The van der Waals surface area contributed by atoms with Crippen LogP contribution in [0.2, 0.25) is 0 Å². The molecule has 0 bridgehead atoms. The van der Waals surface area contributed by atoms with Crippen LogP contribution >= 0.6 is 0 Å². The van der Waals surface area contributed by atoms with Gasteiger partial charge in [-0.15, -0.1) is 0 Å². The minimum Gasteiger partial charge on any atom is -0.506 e. The molecule has 2 rings (SSSR count). The molecule has 0 aliphatic carbocycles. The third-order valence-corrected chi connectivity index (χ3v) is 3.24. The van der Waals surface area contributed by atoms with Crippen LogP contribution in [0.3, 0.4) is 0 Å². The van der Waals surface area contributed by atoms with Crippen LogP contribution < -0.4 is 15.6 Å². The summed E-state index contributed by atoms with van der Waals surface area (Å²) in [6.45, 7) is -1.37. The number of hydrogen-bond acceptors (Lipinski definition) is 5. The van der Waals surface area contributed by atoms with Gasteiger partial charge in [0.15, 0.2) is 0 Å². The molecule has 2 aromatic rings. The topological polar surface area (TPSA) is 129 Å². The van der Waals surface area contributed by atoms with E-state index in [1.165, 1.54) is 18.2 Å². The summed E-state index contributed by atoms with van der Waals surface area (Å²) in [5.41, 5.74) is -1.64. The van der Waals surface area contributed by atoms with Crippen LogP contribution in [0.4, 0.5) is 13.2 Å². The Labute approximate surface area is 143 Å². The third kappa shape index (κ3) is 4.65. The Morgan fingerprint density at radius 2 is 1.96 bits per heavy atom. The van der Waals surface area contributed by atoms with E-state index >= 15 is 0 Å². The summed E-state index contributed by atoms with van der Waals surface area (Å²) < 4.78 is 41.3. The van der Waals surface area contributed by atoms with Gasteiger partial charge in [0.1, 0.15) is 23.6 Å². The number of carboxylic acids is 1. The molecule has 26 heavy (non-hydrogen) atoms. The molecule has 4 N–H and O–H groups in total. The molecule has 0 saturated heterocycles. The van der Waals surface area contributed by atoms with Crippen molar-refractivity contribution < 1.29 is 37.7 Å². The number of aromatic nitrogens is 1. The van der Waals surface area contributed by atoms with Crippen LogP contribution in [0.5, 0.6) is 11.5 Å². The number of nitrogens with one attached hydrogen (secondary N) is 2. The van der Waals surface area contributed by atoms with Gasteiger partial charge in [0.2, 0.25) is 0 Å². The number of aromatic hydroxyl groups is 1. The number of hydrogen-bond donors (Lipinski definition) is 4. The number of benzene rings is 1. The lowest BCUT2D eigenvalue weighted by molar-refractivity contribution is -0.139. The zero-order valence-electron chi connectivity index (χ0n) is 13.0. The maximum atomic E-state index is 12.1. The molecule has 1 aromatic heterocycles. The predicted molar refractivity (Wildman–Crippen MR) is 82.4 cm³/mol. The van der Waals surface area contributed by atoms with Crippen molar-refractivity contribution in [3.8, 4) is 11.5 Å². The molecule has 0 fully saturated rings. The predicted octanol–water partition coefficient (Wildman–Crippen LogP) is 1.38. The van der Waals surface area contributed by atoms with E-state index in [0.29, 0.717) is 0 Å². The lowest BCUT2D eigenvalue weighted by Gasteiger charge is -2.11. The summed E-state index contributed by atoms with van der Waals surface area (Å²) in [5, 5.41) is 20.6. The van der Waals surface area contributed by atoms with Crippen LogP contribution in [-0.4, -0.2) is 46.4 Å². The Balaban J connectivity index is 2.29. The van der Waals surface area contributed by atoms with Gasteiger partial charge in [0, 0.05) is 11.5 Å². The maximum Gasteiger partial charge on any atom is 0.392 e. The second kappa shape index (κ2) is 7.33. The van der Waals surface area contributed by atoms with E-state index in [0.717, 1.165) is 0 Å². The summed E-state index contributed by atoms with van der Waals surface area (Å²) in [6, 6.07) is 3.71. The second-order valence-corrected chi connectivity index (χ2v) is 5.18. The van der Waals surface area contributed by atoms with E-state index in [1.807, 2.05) is 5.32 Å². The number of amides is 1. The summed E-state index contributed by atoms with van der Waals surface area (Å²) in [7, 11) is 0.